The fraction of sp³-hybridized carbons (Fsp3) is 0.625. The van der Waals surface area contributed by atoms with Gasteiger partial charge in [0.2, 0.25) is 6.10 Å². The first-order chi connectivity index (χ1) is 7.59. The van der Waals surface area contributed by atoms with E-state index in [1.165, 1.54) is 0 Å². The molecule has 0 aliphatic carbocycles. The Morgan fingerprint density at radius 1 is 1.12 bits per heavy atom. The van der Waals surface area contributed by atoms with E-state index in [1.54, 1.807) is 0 Å². The lowest BCUT2D eigenvalue weighted by Crippen LogP contribution is -2.44. The Kier molecular flexibility index (Phi) is 5.46. The number of halogens is 6. The van der Waals surface area contributed by atoms with Gasteiger partial charge in [-0.15, -0.1) is 0 Å². The van der Waals surface area contributed by atoms with E-state index in [0.29, 0.717) is 6.08 Å². The molecule has 0 saturated heterocycles. The van der Waals surface area contributed by atoms with Crippen LogP contribution in [0.3, 0.4) is 0 Å². The minimum Gasteiger partial charge on any atom is -0.460 e. The molecule has 0 spiro atoms. The summed E-state index contributed by atoms with van der Waals surface area (Å²) in [6.45, 7) is 1.22. The molecule has 9 heteroatoms. The van der Waals surface area contributed by atoms with E-state index in [9.17, 15) is 31.1 Å². The van der Waals surface area contributed by atoms with Gasteiger partial charge in [0.1, 0.15) is 6.61 Å². The molecule has 0 radical (unpaired) electrons. The largest absolute Gasteiger partial charge is 0.460 e. The third kappa shape index (κ3) is 6.15. The lowest BCUT2D eigenvalue weighted by Gasteiger charge is -2.22. The number of ether oxygens (including phenoxy) is 2. The first-order valence-corrected chi connectivity index (χ1v) is 4.13. The van der Waals surface area contributed by atoms with E-state index >= 15 is 0 Å². The average Bonchev–Trinajstić information content (AvgIpc) is 2.12. The van der Waals surface area contributed by atoms with Crippen molar-refractivity contribution in [2.45, 2.75) is 18.5 Å². The van der Waals surface area contributed by atoms with E-state index < -0.39 is 37.6 Å². The lowest BCUT2D eigenvalue weighted by atomic mass is 10.3. The number of carbonyl (C=O) groups is 1. The van der Waals surface area contributed by atoms with Gasteiger partial charge in [0.05, 0.1) is 6.61 Å². The van der Waals surface area contributed by atoms with Crippen molar-refractivity contribution in [1.82, 2.24) is 0 Å². The predicted molar refractivity (Wildman–Crippen MR) is 43.0 cm³/mol. The van der Waals surface area contributed by atoms with Gasteiger partial charge in [0.15, 0.2) is 0 Å². The number of alkyl halides is 6. The predicted octanol–water partition coefficient (Wildman–Crippen LogP) is 2.23. The van der Waals surface area contributed by atoms with Crippen LogP contribution in [0, 0.1) is 0 Å². The Labute approximate surface area is 92.0 Å². The Morgan fingerprint density at radius 3 is 1.94 bits per heavy atom. The summed E-state index contributed by atoms with van der Waals surface area (Å²) in [5.41, 5.74) is 0. The maximum Gasteiger partial charge on any atom is 0.423 e. The van der Waals surface area contributed by atoms with Crippen LogP contribution in [-0.2, 0) is 14.3 Å². The Balaban J connectivity index is 4.21. The zero-order valence-electron chi connectivity index (χ0n) is 8.27. The topological polar surface area (TPSA) is 35.5 Å². The molecule has 0 aromatic carbocycles. The van der Waals surface area contributed by atoms with Gasteiger partial charge < -0.3 is 9.47 Å². The molecule has 0 N–H and O–H groups in total. The Bertz CT molecular complexity index is 255. The molecular weight excluding hydrogens is 258 g/mol. The maximum absolute atomic E-state index is 11.9. The minimum absolute atomic E-state index is 0.713. The third-order valence-corrected chi connectivity index (χ3v) is 1.37. The highest BCUT2D eigenvalue weighted by Gasteiger charge is 2.57. The van der Waals surface area contributed by atoms with Gasteiger partial charge in [-0.25, -0.2) is 4.79 Å². The van der Waals surface area contributed by atoms with E-state index in [-0.39, 0.29) is 0 Å². The molecule has 3 nitrogen and oxygen atoms in total. The van der Waals surface area contributed by atoms with Crippen molar-refractivity contribution in [3.63, 3.8) is 0 Å². The molecular formula is C8H8F6O3. The Morgan fingerprint density at radius 2 is 1.59 bits per heavy atom. The molecule has 0 amide bonds. The van der Waals surface area contributed by atoms with Crippen LogP contribution in [0.15, 0.2) is 12.7 Å². The molecule has 0 unspecified atom stereocenters. The lowest BCUT2D eigenvalue weighted by molar-refractivity contribution is -0.322. The van der Waals surface area contributed by atoms with Gasteiger partial charge in [-0.3, -0.25) is 0 Å². The normalized spacial score (nSPS) is 12.6. The number of hydrogen-bond donors (Lipinski definition) is 0. The van der Waals surface area contributed by atoms with Gasteiger partial charge in [-0.2, -0.15) is 26.3 Å². The first-order valence-electron chi connectivity index (χ1n) is 4.13. The van der Waals surface area contributed by atoms with Gasteiger partial charge in [-0.1, -0.05) is 6.58 Å². The van der Waals surface area contributed by atoms with Gasteiger partial charge in [0, 0.05) is 6.08 Å². The highest BCUT2D eigenvalue weighted by Crippen LogP contribution is 2.35. The summed E-state index contributed by atoms with van der Waals surface area (Å²) in [4.78, 5) is 10.4. The molecule has 0 saturated carbocycles. The summed E-state index contributed by atoms with van der Waals surface area (Å²) >= 11 is 0. The quantitative estimate of drug-likeness (QED) is 0.331. The second kappa shape index (κ2) is 5.89. The maximum atomic E-state index is 11.9. The number of hydrogen-bond acceptors (Lipinski definition) is 3. The zero-order chi connectivity index (χ0) is 13.7. The minimum atomic E-state index is -5.57. The molecule has 0 heterocycles. The highest BCUT2D eigenvalue weighted by atomic mass is 19.4. The standard InChI is InChI=1S/C8H8F6O3/c1-2-5(15)16-3-4-17-6(7(9,10)11)8(12,13)14/h2,6H,1,3-4H2. The van der Waals surface area contributed by atoms with Crippen molar-refractivity contribution < 1.29 is 40.6 Å². The molecule has 17 heavy (non-hydrogen) atoms. The van der Waals surface area contributed by atoms with E-state index in [4.69, 9.17) is 0 Å². The summed E-state index contributed by atoms with van der Waals surface area (Å²) in [6.07, 6.45) is -14.3. The second-order valence-corrected chi connectivity index (χ2v) is 2.71. The van der Waals surface area contributed by atoms with Crippen LogP contribution in [-0.4, -0.2) is 37.6 Å². The van der Waals surface area contributed by atoms with Crippen molar-refractivity contribution in [2.75, 3.05) is 13.2 Å². The summed E-state index contributed by atoms with van der Waals surface area (Å²) in [7, 11) is 0. The van der Waals surface area contributed by atoms with Crippen LogP contribution in [0.2, 0.25) is 0 Å². The van der Waals surface area contributed by atoms with Crippen LogP contribution in [0.5, 0.6) is 0 Å². The second-order valence-electron chi connectivity index (χ2n) is 2.71. The number of carbonyl (C=O) groups excluding carboxylic acids is 1. The van der Waals surface area contributed by atoms with Crippen molar-refractivity contribution >= 4 is 5.97 Å². The van der Waals surface area contributed by atoms with Crippen LogP contribution in [0.4, 0.5) is 26.3 Å². The summed E-state index contributed by atoms with van der Waals surface area (Å²) in [5, 5.41) is 0. The van der Waals surface area contributed by atoms with E-state index in [1.807, 2.05) is 0 Å². The number of rotatable bonds is 5. The van der Waals surface area contributed by atoms with Gasteiger partial charge in [-0.05, 0) is 0 Å². The van der Waals surface area contributed by atoms with E-state index in [2.05, 4.69) is 16.1 Å². The summed E-state index contributed by atoms with van der Waals surface area (Å²) in [5.74, 6) is -0.968. The van der Waals surface area contributed by atoms with Crippen LogP contribution in [0.25, 0.3) is 0 Å². The van der Waals surface area contributed by atoms with Crippen LogP contribution >= 0.6 is 0 Å². The summed E-state index contributed by atoms with van der Waals surface area (Å²) < 4.78 is 79.1. The van der Waals surface area contributed by atoms with Crippen molar-refractivity contribution in [1.29, 1.82) is 0 Å². The smallest absolute Gasteiger partial charge is 0.423 e. The summed E-state index contributed by atoms with van der Waals surface area (Å²) in [6, 6.07) is 0. The molecule has 0 aromatic heterocycles. The molecule has 100 valence electrons. The van der Waals surface area contributed by atoms with E-state index in [0.717, 1.165) is 0 Å². The Hall–Kier alpha value is -1.25. The van der Waals surface area contributed by atoms with Crippen molar-refractivity contribution in [2.24, 2.45) is 0 Å². The van der Waals surface area contributed by atoms with Crippen molar-refractivity contribution in [3.8, 4) is 0 Å². The van der Waals surface area contributed by atoms with Crippen LogP contribution < -0.4 is 0 Å². The molecule has 0 fully saturated rings. The molecule has 0 aliphatic heterocycles. The van der Waals surface area contributed by atoms with Gasteiger partial charge in [0.25, 0.3) is 0 Å². The van der Waals surface area contributed by atoms with Crippen molar-refractivity contribution in [3.05, 3.63) is 12.7 Å². The first kappa shape index (κ1) is 15.8. The average molecular weight is 266 g/mol. The number of esters is 1. The fourth-order valence-corrected chi connectivity index (χ4v) is 0.742. The van der Waals surface area contributed by atoms with Gasteiger partial charge >= 0.3 is 18.3 Å². The monoisotopic (exact) mass is 266 g/mol. The van der Waals surface area contributed by atoms with Crippen LogP contribution in [0.1, 0.15) is 0 Å². The fourth-order valence-electron chi connectivity index (χ4n) is 0.742. The molecule has 0 atom stereocenters. The zero-order valence-corrected chi connectivity index (χ0v) is 8.27. The molecule has 0 aliphatic rings. The highest BCUT2D eigenvalue weighted by molar-refractivity contribution is 5.81. The molecule has 0 aromatic rings. The molecule has 0 bridgehead atoms. The molecule has 0 rings (SSSR count). The SMILES string of the molecule is C=CC(=O)OCCOC(C(F)(F)F)C(F)(F)F. The third-order valence-electron chi connectivity index (χ3n) is 1.37.